The van der Waals surface area contributed by atoms with Crippen molar-refractivity contribution >= 4 is 35.2 Å². The number of carbonyl (C=O) groups is 1. The maximum absolute atomic E-state index is 12.8. The van der Waals surface area contributed by atoms with Gasteiger partial charge in [0, 0.05) is 51.4 Å². The number of methoxy groups -OCH3 is 1. The van der Waals surface area contributed by atoms with Gasteiger partial charge in [-0.3, -0.25) is 4.90 Å². The van der Waals surface area contributed by atoms with Crippen molar-refractivity contribution in [2.24, 2.45) is 0 Å². The standard InChI is InChI=1S/C32H35N9O2/c1-33-26-13-11-23(12-14-26)20-28(29(42)43-2)37-32-39-30(35-21-24-7-4-3-5-8-24)38-31(40-32)36-27-10-6-9-25(19-27)22-41-17-15-34-16-18-41/h3-14,19,28,34H,15-18,20-22H2,2H3,(H3,35,36,37,38,39,40)/t28-/m0/s1. The van der Waals surface area contributed by atoms with Crippen LogP contribution in [-0.2, 0) is 29.0 Å². The van der Waals surface area contributed by atoms with E-state index in [-0.39, 0.29) is 5.95 Å². The fraction of sp³-hybridized carbons (Fsp3) is 0.281. The third-order valence-electron chi connectivity index (χ3n) is 7.02. The molecule has 11 nitrogen and oxygen atoms in total. The van der Waals surface area contributed by atoms with E-state index in [0.717, 1.165) is 49.5 Å². The van der Waals surface area contributed by atoms with Gasteiger partial charge in [-0.2, -0.15) is 15.0 Å². The minimum absolute atomic E-state index is 0.221. The zero-order chi connectivity index (χ0) is 29.9. The van der Waals surface area contributed by atoms with Crippen LogP contribution in [0.15, 0.2) is 78.9 Å². The molecule has 5 rings (SSSR count). The number of ether oxygens (including phenoxy) is 1. The third-order valence-corrected chi connectivity index (χ3v) is 7.02. The molecule has 1 atom stereocenters. The van der Waals surface area contributed by atoms with Crippen molar-refractivity contribution in [3.8, 4) is 0 Å². The summed E-state index contributed by atoms with van der Waals surface area (Å²) < 4.78 is 5.08. The number of rotatable bonds is 12. The minimum atomic E-state index is -0.761. The average Bonchev–Trinajstić information content (AvgIpc) is 3.04. The van der Waals surface area contributed by atoms with Gasteiger partial charge in [-0.25, -0.2) is 9.64 Å². The first-order valence-electron chi connectivity index (χ1n) is 14.2. The quantitative estimate of drug-likeness (QED) is 0.143. The normalized spacial score (nSPS) is 13.9. The molecule has 11 heteroatoms. The van der Waals surface area contributed by atoms with Crippen LogP contribution < -0.4 is 21.3 Å². The average molecular weight is 578 g/mol. The highest BCUT2D eigenvalue weighted by Gasteiger charge is 2.22. The predicted octanol–water partition coefficient (Wildman–Crippen LogP) is 4.38. The predicted molar refractivity (Wildman–Crippen MR) is 167 cm³/mol. The van der Waals surface area contributed by atoms with Gasteiger partial charge in [0.25, 0.3) is 0 Å². The molecule has 43 heavy (non-hydrogen) atoms. The molecular formula is C32H35N9O2. The largest absolute Gasteiger partial charge is 0.467 e. The molecule has 1 aliphatic heterocycles. The van der Waals surface area contributed by atoms with Gasteiger partial charge in [0.05, 0.1) is 13.7 Å². The summed E-state index contributed by atoms with van der Waals surface area (Å²) in [6, 6.07) is 24.5. The van der Waals surface area contributed by atoms with E-state index < -0.39 is 12.0 Å². The van der Waals surface area contributed by atoms with Crippen molar-refractivity contribution in [3.63, 3.8) is 0 Å². The van der Waals surface area contributed by atoms with Crippen LogP contribution in [0.1, 0.15) is 16.7 Å². The molecule has 4 aromatic rings. The monoisotopic (exact) mass is 577 g/mol. The van der Waals surface area contributed by atoms with Crippen LogP contribution in [0.5, 0.6) is 0 Å². The molecule has 3 aromatic carbocycles. The summed E-state index contributed by atoms with van der Waals surface area (Å²) in [6.07, 6.45) is 0.320. The number of hydrogen-bond donors (Lipinski definition) is 4. The number of nitrogens with one attached hydrogen (secondary N) is 4. The molecule has 0 radical (unpaired) electrons. The lowest BCUT2D eigenvalue weighted by Crippen LogP contribution is -2.42. The Balaban J connectivity index is 1.37. The number of piperazine rings is 1. The van der Waals surface area contributed by atoms with Crippen molar-refractivity contribution < 1.29 is 9.53 Å². The van der Waals surface area contributed by atoms with Crippen molar-refractivity contribution in [2.75, 3.05) is 49.2 Å². The van der Waals surface area contributed by atoms with Crippen LogP contribution in [0.2, 0.25) is 0 Å². The molecule has 1 saturated heterocycles. The van der Waals surface area contributed by atoms with Gasteiger partial charge >= 0.3 is 5.97 Å². The Morgan fingerprint density at radius 3 is 2.40 bits per heavy atom. The Hall–Kier alpha value is -5.05. The smallest absolute Gasteiger partial charge is 0.328 e. The second kappa shape index (κ2) is 14.7. The molecule has 0 saturated carbocycles. The van der Waals surface area contributed by atoms with E-state index in [9.17, 15) is 4.79 Å². The number of nitrogens with zero attached hydrogens (tertiary/aromatic N) is 5. The lowest BCUT2D eigenvalue weighted by atomic mass is 10.1. The van der Waals surface area contributed by atoms with E-state index in [1.807, 2.05) is 54.6 Å². The van der Waals surface area contributed by atoms with E-state index >= 15 is 0 Å². The summed E-state index contributed by atoms with van der Waals surface area (Å²) in [5.74, 6) is 0.449. The maximum atomic E-state index is 12.8. The molecule has 0 unspecified atom stereocenters. The zero-order valence-electron chi connectivity index (χ0n) is 24.1. The number of anilines is 4. The summed E-state index contributed by atoms with van der Waals surface area (Å²) in [5, 5.41) is 13.1. The highest BCUT2D eigenvalue weighted by molar-refractivity contribution is 5.79. The molecule has 4 N–H and O–H groups in total. The number of hydrogen-bond acceptors (Lipinski definition) is 10. The Kier molecular flexibility index (Phi) is 10.1. The first-order valence-corrected chi connectivity index (χ1v) is 14.2. The highest BCUT2D eigenvalue weighted by Crippen LogP contribution is 2.20. The summed E-state index contributed by atoms with van der Waals surface area (Å²) in [7, 11) is 1.35. The summed E-state index contributed by atoms with van der Waals surface area (Å²) in [6.45, 7) is 12.6. The lowest BCUT2D eigenvalue weighted by molar-refractivity contribution is -0.141. The molecular weight excluding hydrogens is 542 g/mol. The molecule has 0 bridgehead atoms. The molecule has 0 spiro atoms. The van der Waals surface area contributed by atoms with Crippen molar-refractivity contribution in [2.45, 2.75) is 25.6 Å². The number of benzene rings is 3. The Morgan fingerprint density at radius 2 is 1.65 bits per heavy atom. The minimum Gasteiger partial charge on any atom is -0.467 e. The SMILES string of the molecule is [C-]#[N+]c1ccc(C[C@H](Nc2nc(NCc3ccccc3)nc(Nc3cccc(CN4CCNCC4)c3)n2)C(=O)OC)cc1. The van der Waals surface area contributed by atoms with Crippen molar-refractivity contribution in [3.05, 3.63) is 107 Å². The van der Waals surface area contributed by atoms with Crippen LogP contribution in [0.3, 0.4) is 0 Å². The molecule has 0 amide bonds. The van der Waals surface area contributed by atoms with E-state index in [1.54, 1.807) is 12.1 Å². The van der Waals surface area contributed by atoms with Crippen LogP contribution in [0.25, 0.3) is 4.85 Å². The summed E-state index contributed by atoms with van der Waals surface area (Å²) >= 11 is 0. The van der Waals surface area contributed by atoms with Gasteiger partial charge < -0.3 is 26.0 Å². The van der Waals surface area contributed by atoms with Crippen molar-refractivity contribution in [1.82, 2.24) is 25.2 Å². The molecule has 1 fully saturated rings. The number of esters is 1. The first-order chi connectivity index (χ1) is 21.1. The molecule has 1 aromatic heterocycles. The molecule has 1 aliphatic rings. The van der Waals surface area contributed by atoms with Crippen LogP contribution in [-0.4, -0.2) is 65.2 Å². The fourth-order valence-electron chi connectivity index (χ4n) is 4.79. The van der Waals surface area contributed by atoms with E-state index in [2.05, 4.69) is 58.1 Å². The van der Waals surface area contributed by atoms with Gasteiger partial charge in [-0.05, 0) is 28.8 Å². The van der Waals surface area contributed by atoms with E-state index in [4.69, 9.17) is 11.3 Å². The second-order valence-corrected chi connectivity index (χ2v) is 10.2. The Morgan fingerprint density at radius 1 is 0.930 bits per heavy atom. The van der Waals surface area contributed by atoms with Gasteiger partial charge in [0.1, 0.15) is 6.04 Å². The lowest BCUT2D eigenvalue weighted by Gasteiger charge is -2.27. The number of aromatic nitrogens is 3. The molecule has 0 aliphatic carbocycles. The summed E-state index contributed by atoms with van der Waals surface area (Å²) in [4.78, 5) is 32.4. The van der Waals surface area contributed by atoms with Gasteiger partial charge in [-0.1, -0.05) is 66.7 Å². The first kappa shape index (κ1) is 29.4. The van der Waals surface area contributed by atoms with Gasteiger partial charge in [-0.15, -0.1) is 0 Å². The van der Waals surface area contributed by atoms with Crippen LogP contribution in [0.4, 0.5) is 29.2 Å². The zero-order valence-corrected chi connectivity index (χ0v) is 24.1. The summed E-state index contributed by atoms with van der Waals surface area (Å²) in [5.41, 5.74) is 4.51. The second-order valence-electron chi connectivity index (χ2n) is 10.2. The highest BCUT2D eigenvalue weighted by atomic mass is 16.5. The molecule has 220 valence electrons. The Bertz CT molecular complexity index is 1530. The maximum Gasteiger partial charge on any atom is 0.328 e. The Labute approximate surface area is 251 Å². The third kappa shape index (κ3) is 8.72. The number of carbonyl (C=O) groups excluding carboxylic acids is 1. The van der Waals surface area contributed by atoms with Gasteiger partial charge in [0.15, 0.2) is 5.69 Å². The fourth-order valence-corrected chi connectivity index (χ4v) is 4.79. The van der Waals surface area contributed by atoms with Gasteiger partial charge in [0.2, 0.25) is 17.8 Å². The van der Waals surface area contributed by atoms with Crippen LogP contribution in [0, 0.1) is 6.57 Å². The van der Waals surface area contributed by atoms with Crippen molar-refractivity contribution in [1.29, 1.82) is 0 Å². The molecule has 2 heterocycles. The van der Waals surface area contributed by atoms with Crippen LogP contribution >= 0.6 is 0 Å². The topological polar surface area (TPSA) is 121 Å². The van der Waals surface area contributed by atoms with E-state index in [1.165, 1.54) is 12.7 Å². The van der Waals surface area contributed by atoms with E-state index in [0.29, 0.717) is 30.5 Å².